The molecule has 0 radical (unpaired) electrons. The zero-order chi connectivity index (χ0) is 27.0. The van der Waals surface area contributed by atoms with Gasteiger partial charge >= 0.3 is 0 Å². The number of ether oxygens (including phenoxy) is 4. The summed E-state index contributed by atoms with van der Waals surface area (Å²) in [6.07, 6.45) is 0. The van der Waals surface area contributed by atoms with Gasteiger partial charge in [-0.15, -0.1) is 11.3 Å². The molecule has 2 amide bonds. The topological polar surface area (TPSA) is 91.4 Å². The van der Waals surface area contributed by atoms with Gasteiger partial charge in [0.25, 0.3) is 11.8 Å². The van der Waals surface area contributed by atoms with Crippen LogP contribution in [0.3, 0.4) is 0 Å². The van der Waals surface area contributed by atoms with Crippen molar-refractivity contribution in [3.8, 4) is 33.4 Å². The van der Waals surface area contributed by atoms with Crippen molar-refractivity contribution in [1.29, 1.82) is 0 Å². The van der Waals surface area contributed by atoms with Crippen LogP contribution in [0.5, 0.6) is 23.0 Å². The maximum atomic E-state index is 14.0. The number of nitrogens with zero attached hydrogens (tertiary/aromatic N) is 1. The highest BCUT2D eigenvalue weighted by Crippen LogP contribution is 2.44. The molecule has 3 aromatic carbocycles. The van der Waals surface area contributed by atoms with Crippen LogP contribution in [0.15, 0.2) is 66.7 Å². The van der Waals surface area contributed by atoms with E-state index in [-0.39, 0.29) is 16.1 Å². The molecule has 5 rings (SSSR count). The summed E-state index contributed by atoms with van der Waals surface area (Å²) in [6, 6.07) is 18.7. The maximum absolute atomic E-state index is 14.0. The van der Waals surface area contributed by atoms with Crippen molar-refractivity contribution in [3.05, 3.63) is 89.0 Å². The fourth-order valence-electron chi connectivity index (χ4n) is 4.37. The van der Waals surface area contributed by atoms with Crippen LogP contribution in [-0.2, 0) is 0 Å². The van der Waals surface area contributed by atoms with Gasteiger partial charge in [0, 0.05) is 10.4 Å². The Labute approximate surface area is 222 Å². The maximum Gasteiger partial charge on any atom is 0.266 e. The Kier molecular flexibility index (Phi) is 6.61. The van der Waals surface area contributed by atoms with Gasteiger partial charge in [-0.3, -0.25) is 14.4 Å². The van der Waals surface area contributed by atoms with E-state index >= 15 is 0 Å². The molecule has 0 aliphatic carbocycles. The standard InChI is InChI=1S/C29H23NO7S/c1-34-18-9-7-8-16(12-18)24-15-21(25(31)17-13-22(35-2)26(37-4)23(14-17)36-3)29(38-24)30-27(32)19-10-5-6-11-20(19)28(30)33/h5-15H,1-4H3. The average Bonchev–Trinajstić information content (AvgIpc) is 3.50. The van der Waals surface area contributed by atoms with E-state index in [1.54, 1.807) is 49.6 Å². The smallest absolute Gasteiger partial charge is 0.266 e. The zero-order valence-electron chi connectivity index (χ0n) is 21.1. The van der Waals surface area contributed by atoms with Crippen LogP contribution in [0, 0.1) is 0 Å². The van der Waals surface area contributed by atoms with E-state index in [1.807, 2.05) is 24.3 Å². The van der Waals surface area contributed by atoms with Crippen molar-refractivity contribution < 1.29 is 33.3 Å². The molecule has 0 spiro atoms. The number of rotatable bonds is 8. The average molecular weight is 530 g/mol. The molecule has 1 aliphatic heterocycles. The number of benzene rings is 3. The summed E-state index contributed by atoms with van der Waals surface area (Å²) in [5.74, 6) is 0.208. The highest BCUT2D eigenvalue weighted by atomic mass is 32.1. The first kappa shape index (κ1) is 25.0. The third-order valence-electron chi connectivity index (χ3n) is 6.24. The fraction of sp³-hybridized carbons (Fsp3) is 0.138. The quantitative estimate of drug-likeness (QED) is 0.220. The van der Waals surface area contributed by atoms with Gasteiger partial charge in [0.2, 0.25) is 5.75 Å². The Morgan fingerprint density at radius 3 is 1.92 bits per heavy atom. The SMILES string of the molecule is COc1cccc(-c2cc(C(=O)c3cc(OC)c(OC)c(OC)c3)c(N3C(=O)c4ccccc4C3=O)s2)c1. The van der Waals surface area contributed by atoms with Gasteiger partial charge in [0.15, 0.2) is 17.3 Å². The molecule has 1 aromatic heterocycles. The van der Waals surface area contributed by atoms with Gasteiger partial charge < -0.3 is 18.9 Å². The second-order valence-corrected chi connectivity index (χ2v) is 9.33. The van der Waals surface area contributed by atoms with E-state index in [2.05, 4.69) is 0 Å². The second kappa shape index (κ2) is 10.0. The normalized spacial score (nSPS) is 12.4. The minimum absolute atomic E-state index is 0.191. The molecule has 8 nitrogen and oxygen atoms in total. The minimum atomic E-state index is -0.483. The fourth-order valence-corrected chi connectivity index (χ4v) is 5.52. The molecule has 192 valence electrons. The lowest BCUT2D eigenvalue weighted by Crippen LogP contribution is -2.29. The first-order valence-electron chi connectivity index (χ1n) is 11.5. The number of imide groups is 1. The van der Waals surface area contributed by atoms with Crippen LogP contribution in [0.1, 0.15) is 36.6 Å². The number of carbonyl (C=O) groups is 3. The lowest BCUT2D eigenvalue weighted by molar-refractivity contribution is 0.0927. The number of ketones is 1. The summed E-state index contributed by atoms with van der Waals surface area (Å²) in [5.41, 5.74) is 1.79. The number of hydrogen-bond acceptors (Lipinski definition) is 8. The molecule has 0 N–H and O–H groups in total. The van der Waals surface area contributed by atoms with Crippen LogP contribution in [-0.4, -0.2) is 46.0 Å². The number of hydrogen-bond donors (Lipinski definition) is 0. The van der Waals surface area contributed by atoms with Gasteiger partial charge in [-0.05, 0) is 48.0 Å². The van der Waals surface area contributed by atoms with E-state index in [1.165, 1.54) is 32.7 Å². The third kappa shape index (κ3) is 4.06. The Morgan fingerprint density at radius 2 is 1.37 bits per heavy atom. The summed E-state index contributed by atoms with van der Waals surface area (Å²) in [6.45, 7) is 0. The van der Waals surface area contributed by atoms with Crippen molar-refractivity contribution in [2.75, 3.05) is 33.3 Å². The van der Waals surface area contributed by atoms with E-state index in [0.717, 1.165) is 10.5 Å². The lowest BCUT2D eigenvalue weighted by atomic mass is 10.0. The molecule has 9 heteroatoms. The molecule has 1 aliphatic rings. The summed E-state index contributed by atoms with van der Waals surface area (Å²) >= 11 is 1.18. The first-order chi connectivity index (χ1) is 18.4. The predicted molar refractivity (Wildman–Crippen MR) is 143 cm³/mol. The Hall–Kier alpha value is -4.63. The van der Waals surface area contributed by atoms with Crippen LogP contribution < -0.4 is 23.8 Å². The van der Waals surface area contributed by atoms with Gasteiger partial charge in [-0.2, -0.15) is 0 Å². The third-order valence-corrected chi connectivity index (χ3v) is 7.40. The Bertz CT molecular complexity index is 1530. The number of fused-ring (bicyclic) bond motifs is 1. The van der Waals surface area contributed by atoms with Gasteiger partial charge in [-0.25, -0.2) is 4.90 Å². The van der Waals surface area contributed by atoms with Crippen LogP contribution in [0.2, 0.25) is 0 Å². The number of amides is 2. The van der Waals surface area contributed by atoms with Crippen molar-refractivity contribution in [2.24, 2.45) is 0 Å². The van der Waals surface area contributed by atoms with Crippen LogP contribution >= 0.6 is 11.3 Å². The first-order valence-corrected chi connectivity index (χ1v) is 12.3. The number of anilines is 1. The summed E-state index contributed by atoms with van der Waals surface area (Å²) < 4.78 is 21.6. The Balaban J connectivity index is 1.69. The predicted octanol–water partition coefficient (Wildman–Crippen LogP) is 5.48. The van der Waals surface area contributed by atoms with Crippen molar-refractivity contribution in [1.82, 2.24) is 0 Å². The molecule has 0 unspecified atom stereocenters. The van der Waals surface area contributed by atoms with Gasteiger partial charge in [0.1, 0.15) is 10.8 Å². The monoisotopic (exact) mass is 529 g/mol. The summed E-state index contributed by atoms with van der Waals surface area (Å²) in [5, 5.41) is 0.229. The molecular formula is C29H23NO7S. The molecule has 0 fully saturated rings. The van der Waals surface area contributed by atoms with Crippen molar-refractivity contribution >= 4 is 33.9 Å². The largest absolute Gasteiger partial charge is 0.497 e. The zero-order valence-corrected chi connectivity index (χ0v) is 21.9. The summed E-state index contributed by atoms with van der Waals surface area (Å²) in [7, 11) is 5.96. The highest BCUT2D eigenvalue weighted by Gasteiger charge is 2.39. The van der Waals surface area contributed by atoms with E-state index in [9.17, 15) is 14.4 Å². The number of thiophene rings is 1. The molecular weight excluding hydrogens is 506 g/mol. The molecule has 2 heterocycles. The van der Waals surface area contributed by atoms with Crippen LogP contribution in [0.4, 0.5) is 5.00 Å². The molecule has 38 heavy (non-hydrogen) atoms. The van der Waals surface area contributed by atoms with Crippen molar-refractivity contribution in [2.45, 2.75) is 0 Å². The van der Waals surface area contributed by atoms with E-state index in [0.29, 0.717) is 39.0 Å². The lowest BCUT2D eigenvalue weighted by Gasteiger charge is -2.16. The second-order valence-electron chi connectivity index (χ2n) is 8.30. The molecule has 0 atom stereocenters. The van der Waals surface area contributed by atoms with Crippen LogP contribution in [0.25, 0.3) is 10.4 Å². The molecule has 0 bridgehead atoms. The summed E-state index contributed by atoms with van der Waals surface area (Å²) in [4.78, 5) is 42.5. The highest BCUT2D eigenvalue weighted by molar-refractivity contribution is 7.20. The van der Waals surface area contributed by atoms with Gasteiger partial charge in [0.05, 0.1) is 45.1 Å². The number of methoxy groups -OCH3 is 4. The number of carbonyl (C=O) groups excluding carboxylic acids is 3. The van der Waals surface area contributed by atoms with E-state index < -0.39 is 17.6 Å². The van der Waals surface area contributed by atoms with Gasteiger partial charge in [-0.1, -0.05) is 24.3 Å². The Morgan fingerprint density at radius 1 is 0.737 bits per heavy atom. The van der Waals surface area contributed by atoms with Crippen molar-refractivity contribution in [3.63, 3.8) is 0 Å². The molecule has 0 saturated heterocycles. The van der Waals surface area contributed by atoms with E-state index in [4.69, 9.17) is 18.9 Å². The molecule has 4 aromatic rings. The molecule has 0 saturated carbocycles. The minimum Gasteiger partial charge on any atom is -0.497 e.